The van der Waals surface area contributed by atoms with Crippen LogP contribution >= 0.6 is 34.4 Å². The third-order valence-corrected chi connectivity index (χ3v) is 5.56. The molecule has 0 spiro atoms. The highest BCUT2D eigenvalue weighted by atomic mass is 127. The first-order valence-electron chi connectivity index (χ1n) is 6.91. The molecule has 1 aliphatic rings. The summed E-state index contributed by atoms with van der Waals surface area (Å²) in [7, 11) is 0. The van der Waals surface area contributed by atoms with E-state index in [1.54, 1.807) is 11.8 Å². The fraction of sp³-hybridized carbons (Fsp3) is 0.438. The van der Waals surface area contributed by atoms with Gasteiger partial charge in [0.1, 0.15) is 0 Å². The first kappa shape index (κ1) is 15.9. The molecule has 1 aromatic rings. The standard InChI is InChI=1S/C16H20INOS/c1-4-15-18(12(10-20-15)9-11(2)3)16(19)13-7-5-6-8-14(13)17/h4-8,11-12H,9-10H2,1-3H3/b15-4-/t12-/m0/s1. The Kier molecular flexibility index (Phi) is 5.55. The summed E-state index contributed by atoms with van der Waals surface area (Å²) in [4.78, 5) is 14.9. The number of thioether (sulfide) groups is 1. The first-order chi connectivity index (χ1) is 9.54. The van der Waals surface area contributed by atoms with Crippen LogP contribution in [0.15, 0.2) is 35.4 Å². The monoisotopic (exact) mass is 401 g/mol. The zero-order chi connectivity index (χ0) is 14.7. The Labute approximate surface area is 139 Å². The Morgan fingerprint density at radius 3 is 2.80 bits per heavy atom. The van der Waals surface area contributed by atoms with E-state index in [0.29, 0.717) is 12.0 Å². The molecule has 1 aliphatic heterocycles. The second-order valence-electron chi connectivity index (χ2n) is 5.38. The molecule has 1 fully saturated rings. The van der Waals surface area contributed by atoms with E-state index in [-0.39, 0.29) is 5.91 Å². The summed E-state index contributed by atoms with van der Waals surface area (Å²) < 4.78 is 1.02. The lowest BCUT2D eigenvalue weighted by molar-refractivity contribution is 0.0770. The van der Waals surface area contributed by atoms with Gasteiger partial charge in [-0.3, -0.25) is 9.69 Å². The molecule has 0 saturated carbocycles. The van der Waals surface area contributed by atoms with Crippen LogP contribution in [0.5, 0.6) is 0 Å². The van der Waals surface area contributed by atoms with E-state index in [9.17, 15) is 4.79 Å². The normalized spacial score (nSPS) is 20.9. The molecule has 20 heavy (non-hydrogen) atoms. The minimum atomic E-state index is 0.138. The molecule has 0 radical (unpaired) electrons. The van der Waals surface area contributed by atoms with Crippen molar-refractivity contribution in [1.29, 1.82) is 0 Å². The van der Waals surface area contributed by atoms with Gasteiger partial charge in [-0.05, 0) is 54.0 Å². The molecule has 1 aromatic carbocycles. The largest absolute Gasteiger partial charge is 0.299 e. The highest BCUT2D eigenvalue weighted by Crippen LogP contribution is 2.36. The summed E-state index contributed by atoms with van der Waals surface area (Å²) in [6, 6.07) is 8.14. The number of hydrogen-bond donors (Lipinski definition) is 0. The van der Waals surface area contributed by atoms with Crippen LogP contribution in [-0.2, 0) is 0 Å². The molecule has 1 heterocycles. The Balaban J connectivity index is 2.31. The maximum absolute atomic E-state index is 12.9. The third-order valence-electron chi connectivity index (χ3n) is 3.34. The van der Waals surface area contributed by atoms with Crippen LogP contribution < -0.4 is 0 Å². The summed E-state index contributed by atoms with van der Waals surface area (Å²) in [5, 5.41) is 1.10. The quantitative estimate of drug-likeness (QED) is 0.681. The second kappa shape index (κ2) is 6.98. The van der Waals surface area contributed by atoms with Crippen LogP contribution in [0.1, 0.15) is 37.6 Å². The third kappa shape index (κ3) is 3.39. The van der Waals surface area contributed by atoms with Gasteiger partial charge in [0.05, 0.1) is 10.6 Å². The molecular formula is C16H20INOS. The van der Waals surface area contributed by atoms with Gasteiger partial charge in [0.2, 0.25) is 0 Å². The van der Waals surface area contributed by atoms with E-state index in [1.165, 1.54) is 0 Å². The van der Waals surface area contributed by atoms with Crippen molar-refractivity contribution in [3.63, 3.8) is 0 Å². The van der Waals surface area contributed by atoms with E-state index < -0.39 is 0 Å². The van der Waals surface area contributed by atoms with Gasteiger partial charge in [0.15, 0.2) is 0 Å². The molecule has 0 unspecified atom stereocenters. The van der Waals surface area contributed by atoms with Crippen molar-refractivity contribution in [3.8, 4) is 0 Å². The summed E-state index contributed by atoms with van der Waals surface area (Å²) in [6.45, 7) is 6.44. The Bertz CT molecular complexity index is 527. The van der Waals surface area contributed by atoms with Gasteiger partial charge in [-0.25, -0.2) is 0 Å². The Morgan fingerprint density at radius 2 is 2.20 bits per heavy atom. The Morgan fingerprint density at radius 1 is 1.50 bits per heavy atom. The SMILES string of the molecule is C/C=C1\SC[C@H](CC(C)C)N1C(=O)c1ccccc1I. The highest BCUT2D eigenvalue weighted by Gasteiger charge is 2.34. The average Bonchev–Trinajstić information content (AvgIpc) is 2.80. The van der Waals surface area contributed by atoms with Gasteiger partial charge in [-0.2, -0.15) is 0 Å². The summed E-state index contributed by atoms with van der Waals surface area (Å²) >= 11 is 4.03. The van der Waals surface area contributed by atoms with Gasteiger partial charge >= 0.3 is 0 Å². The van der Waals surface area contributed by atoms with Crippen molar-refractivity contribution in [2.45, 2.75) is 33.2 Å². The van der Waals surface area contributed by atoms with E-state index >= 15 is 0 Å². The zero-order valence-corrected chi connectivity index (χ0v) is 15.1. The lowest BCUT2D eigenvalue weighted by atomic mass is 10.0. The number of halogens is 1. The van der Waals surface area contributed by atoms with E-state index in [4.69, 9.17) is 0 Å². The van der Waals surface area contributed by atoms with Gasteiger partial charge in [0.25, 0.3) is 5.91 Å². The molecule has 0 N–H and O–H groups in total. The van der Waals surface area contributed by atoms with E-state index in [2.05, 4.69) is 42.5 Å². The van der Waals surface area contributed by atoms with Crippen molar-refractivity contribution < 1.29 is 4.79 Å². The molecule has 108 valence electrons. The maximum Gasteiger partial charge on any atom is 0.260 e. The second-order valence-corrected chi connectivity index (χ2v) is 7.58. The molecule has 2 rings (SSSR count). The number of amides is 1. The average molecular weight is 401 g/mol. The first-order valence-corrected chi connectivity index (χ1v) is 8.98. The van der Waals surface area contributed by atoms with Crippen molar-refractivity contribution >= 4 is 40.3 Å². The van der Waals surface area contributed by atoms with Crippen LogP contribution in [0.25, 0.3) is 0 Å². The molecule has 0 aromatic heterocycles. The van der Waals surface area contributed by atoms with E-state index in [0.717, 1.165) is 26.3 Å². The lowest BCUT2D eigenvalue weighted by Gasteiger charge is -2.26. The number of hydrogen-bond acceptors (Lipinski definition) is 2. The molecular weight excluding hydrogens is 381 g/mol. The zero-order valence-electron chi connectivity index (χ0n) is 12.1. The smallest absolute Gasteiger partial charge is 0.260 e. The van der Waals surface area contributed by atoms with Crippen LogP contribution in [0, 0.1) is 9.49 Å². The topological polar surface area (TPSA) is 20.3 Å². The molecule has 1 atom stereocenters. The lowest BCUT2D eigenvalue weighted by Crippen LogP contribution is -2.36. The van der Waals surface area contributed by atoms with Crippen molar-refractivity contribution in [2.75, 3.05) is 5.75 Å². The predicted molar refractivity (Wildman–Crippen MR) is 94.8 cm³/mol. The minimum Gasteiger partial charge on any atom is -0.299 e. The minimum absolute atomic E-state index is 0.138. The van der Waals surface area contributed by atoms with Crippen LogP contribution in [0.4, 0.5) is 0 Å². The number of allylic oxidation sites excluding steroid dienone is 1. The number of benzene rings is 1. The summed E-state index contributed by atoms with van der Waals surface area (Å²) in [6.07, 6.45) is 3.11. The van der Waals surface area contributed by atoms with E-state index in [1.807, 2.05) is 36.1 Å². The van der Waals surface area contributed by atoms with Crippen molar-refractivity contribution in [2.24, 2.45) is 5.92 Å². The van der Waals surface area contributed by atoms with Crippen molar-refractivity contribution in [1.82, 2.24) is 4.90 Å². The summed E-state index contributed by atoms with van der Waals surface area (Å²) in [5.74, 6) is 1.74. The molecule has 4 heteroatoms. The predicted octanol–water partition coefficient (Wildman–Crippen LogP) is 4.76. The number of nitrogens with zero attached hydrogens (tertiary/aromatic N) is 1. The van der Waals surface area contributed by atoms with Gasteiger partial charge in [0, 0.05) is 15.4 Å². The fourth-order valence-electron chi connectivity index (χ4n) is 2.48. The maximum atomic E-state index is 12.9. The molecule has 2 nitrogen and oxygen atoms in total. The molecule has 1 saturated heterocycles. The highest BCUT2D eigenvalue weighted by molar-refractivity contribution is 14.1. The van der Waals surface area contributed by atoms with Crippen molar-refractivity contribution in [3.05, 3.63) is 44.5 Å². The van der Waals surface area contributed by atoms with Gasteiger partial charge in [-0.1, -0.05) is 32.1 Å². The number of rotatable bonds is 3. The summed E-state index contributed by atoms with van der Waals surface area (Å²) in [5.41, 5.74) is 0.809. The van der Waals surface area contributed by atoms with Crippen LogP contribution in [-0.4, -0.2) is 22.6 Å². The molecule has 0 bridgehead atoms. The van der Waals surface area contributed by atoms with Crippen LogP contribution in [0.2, 0.25) is 0 Å². The molecule has 1 amide bonds. The van der Waals surface area contributed by atoms with Crippen LogP contribution in [0.3, 0.4) is 0 Å². The Hall–Kier alpha value is -0.490. The number of carbonyl (C=O) groups is 1. The van der Waals surface area contributed by atoms with Gasteiger partial charge < -0.3 is 0 Å². The molecule has 0 aliphatic carbocycles. The van der Waals surface area contributed by atoms with Gasteiger partial charge in [-0.15, -0.1) is 11.8 Å². The fourth-order valence-corrected chi connectivity index (χ4v) is 4.28. The number of carbonyl (C=O) groups excluding carboxylic acids is 1.